The van der Waals surface area contributed by atoms with Gasteiger partial charge in [-0.1, -0.05) is 41.9 Å². The Morgan fingerprint density at radius 1 is 0.893 bits per heavy atom. The summed E-state index contributed by atoms with van der Waals surface area (Å²) in [5.41, 5.74) is 3.38. The predicted octanol–water partition coefficient (Wildman–Crippen LogP) is 5.41. The number of hydrogen-bond donors (Lipinski definition) is 1. The number of carbonyl (C=O) groups excluding carboxylic acids is 1. The van der Waals surface area contributed by atoms with Crippen molar-refractivity contribution in [1.82, 2.24) is 0 Å². The minimum absolute atomic E-state index is 0.0156. The van der Waals surface area contributed by atoms with Crippen molar-refractivity contribution in [3.63, 3.8) is 0 Å². The second-order valence-corrected chi connectivity index (χ2v) is 7.63. The lowest BCUT2D eigenvalue weighted by Crippen LogP contribution is -2.27. The molecule has 1 N–H and O–H groups in total. The zero-order chi connectivity index (χ0) is 19.1. The summed E-state index contributed by atoms with van der Waals surface area (Å²) in [5.74, 6) is 1.46. The van der Waals surface area contributed by atoms with Gasteiger partial charge in [-0.3, -0.25) is 4.79 Å². The lowest BCUT2D eigenvalue weighted by Gasteiger charge is -2.16. The summed E-state index contributed by atoms with van der Waals surface area (Å²) in [7, 11) is 0. The third-order valence-corrected chi connectivity index (χ3v) is 5.65. The largest absolute Gasteiger partial charge is 0.454 e. The molecule has 0 spiro atoms. The van der Waals surface area contributed by atoms with Gasteiger partial charge in [0.2, 0.25) is 12.7 Å². The van der Waals surface area contributed by atoms with Crippen LogP contribution in [-0.4, -0.2) is 12.7 Å². The van der Waals surface area contributed by atoms with Crippen LogP contribution in [0.25, 0.3) is 11.1 Å². The Morgan fingerprint density at radius 2 is 1.68 bits per heavy atom. The maximum Gasteiger partial charge on any atom is 0.235 e. The van der Waals surface area contributed by atoms with Crippen molar-refractivity contribution in [3.8, 4) is 22.6 Å². The van der Waals surface area contributed by atoms with Crippen molar-refractivity contribution in [2.24, 2.45) is 0 Å². The summed E-state index contributed by atoms with van der Waals surface area (Å²) >= 11 is 6.07. The summed E-state index contributed by atoms with van der Waals surface area (Å²) in [6.45, 7) is 0.233. The molecule has 4 nitrogen and oxygen atoms in total. The van der Waals surface area contributed by atoms with Crippen LogP contribution >= 0.6 is 11.6 Å². The number of carbonyl (C=O) groups is 1. The topological polar surface area (TPSA) is 47.6 Å². The first-order chi connectivity index (χ1) is 13.6. The van der Waals surface area contributed by atoms with Crippen molar-refractivity contribution >= 4 is 23.2 Å². The summed E-state index contributed by atoms with van der Waals surface area (Å²) < 4.78 is 10.8. The van der Waals surface area contributed by atoms with Crippen LogP contribution in [0.15, 0.2) is 66.7 Å². The number of nitrogens with one attached hydrogen (secondary N) is 1. The molecular formula is C23H18ClNO3. The molecule has 5 heteroatoms. The molecule has 5 rings (SSSR count). The highest BCUT2D eigenvalue weighted by molar-refractivity contribution is 6.30. The second-order valence-electron chi connectivity index (χ2n) is 7.19. The molecule has 28 heavy (non-hydrogen) atoms. The minimum atomic E-state index is -0.480. The fourth-order valence-corrected chi connectivity index (χ4v) is 3.82. The van der Waals surface area contributed by atoms with Crippen molar-refractivity contribution in [1.29, 1.82) is 0 Å². The lowest BCUT2D eigenvalue weighted by molar-refractivity contribution is -0.118. The van der Waals surface area contributed by atoms with Crippen LogP contribution in [0.5, 0.6) is 11.5 Å². The van der Waals surface area contributed by atoms with E-state index < -0.39 is 5.41 Å². The maximum atomic E-state index is 13.0. The molecule has 0 aromatic heterocycles. The van der Waals surface area contributed by atoms with E-state index in [4.69, 9.17) is 21.1 Å². The number of benzene rings is 3. The molecule has 1 saturated carbocycles. The Kier molecular flexibility index (Phi) is 4.02. The van der Waals surface area contributed by atoms with E-state index in [0.717, 1.165) is 41.0 Å². The van der Waals surface area contributed by atoms with Gasteiger partial charge in [0.1, 0.15) is 0 Å². The highest BCUT2D eigenvalue weighted by atomic mass is 35.5. The molecule has 0 unspecified atom stereocenters. The highest BCUT2D eigenvalue weighted by Gasteiger charge is 2.51. The van der Waals surface area contributed by atoms with E-state index in [1.807, 2.05) is 66.7 Å². The Morgan fingerprint density at radius 3 is 2.43 bits per heavy atom. The molecule has 0 atom stereocenters. The van der Waals surface area contributed by atoms with Crippen molar-refractivity contribution in [2.75, 3.05) is 12.1 Å². The average Bonchev–Trinajstić information content (AvgIpc) is 3.40. The summed E-state index contributed by atoms with van der Waals surface area (Å²) in [6.07, 6.45) is 1.66. The number of halogens is 1. The third kappa shape index (κ3) is 3.00. The molecule has 2 aliphatic rings. The standard InChI is InChI=1S/C23H18ClNO3/c24-18-3-1-2-16(12-18)15-4-7-19(8-5-15)25-22(26)23(10-11-23)17-6-9-20-21(13-17)28-14-27-20/h1-9,12-13H,10-11,14H2,(H,25,26). The van der Waals surface area contributed by atoms with Crippen molar-refractivity contribution in [2.45, 2.75) is 18.3 Å². The summed E-state index contributed by atoms with van der Waals surface area (Å²) in [6, 6.07) is 21.3. The molecule has 3 aromatic carbocycles. The number of hydrogen-bond acceptors (Lipinski definition) is 3. The van der Waals surface area contributed by atoms with Crippen LogP contribution in [-0.2, 0) is 10.2 Å². The van der Waals surface area contributed by atoms with E-state index in [1.54, 1.807) is 0 Å². The number of ether oxygens (including phenoxy) is 2. The summed E-state index contributed by atoms with van der Waals surface area (Å²) in [4.78, 5) is 13.0. The van der Waals surface area contributed by atoms with E-state index in [2.05, 4.69) is 5.32 Å². The summed E-state index contributed by atoms with van der Waals surface area (Å²) in [5, 5.41) is 3.77. The monoisotopic (exact) mass is 391 g/mol. The third-order valence-electron chi connectivity index (χ3n) is 5.41. The van der Waals surface area contributed by atoms with Crippen LogP contribution in [0.2, 0.25) is 5.02 Å². The first kappa shape index (κ1) is 17.1. The Labute approximate surface area is 168 Å². The van der Waals surface area contributed by atoms with Crippen LogP contribution < -0.4 is 14.8 Å². The molecule has 1 aliphatic heterocycles. The van der Waals surface area contributed by atoms with Gasteiger partial charge < -0.3 is 14.8 Å². The highest BCUT2D eigenvalue weighted by Crippen LogP contribution is 2.51. The van der Waals surface area contributed by atoms with E-state index in [9.17, 15) is 4.79 Å². The minimum Gasteiger partial charge on any atom is -0.454 e. The van der Waals surface area contributed by atoms with Gasteiger partial charge in [0.25, 0.3) is 0 Å². The number of anilines is 1. The van der Waals surface area contributed by atoms with Crippen LogP contribution in [0, 0.1) is 0 Å². The number of fused-ring (bicyclic) bond motifs is 1. The number of rotatable bonds is 4. The SMILES string of the molecule is O=C(Nc1ccc(-c2cccc(Cl)c2)cc1)C1(c2ccc3c(c2)OCO3)CC1. The molecule has 0 saturated heterocycles. The van der Waals surface area contributed by atoms with Crippen molar-refractivity contribution < 1.29 is 14.3 Å². The van der Waals surface area contributed by atoms with Crippen LogP contribution in [0.4, 0.5) is 5.69 Å². The molecule has 3 aromatic rings. The zero-order valence-corrected chi connectivity index (χ0v) is 15.8. The molecule has 1 fully saturated rings. The first-order valence-corrected chi connectivity index (χ1v) is 9.59. The quantitative estimate of drug-likeness (QED) is 0.647. The van der Waals surface area contributed by atoms with Gasteiger partial charge in [0, 0.05) is 10.7 Å². The maximum absolute atomic E-state index is 13.0. The lowest BCUT2D eigenvalue weighted by atomic mass is 9.94. The molecule has 140 valence electrons. The Hall–Kier alpha value is -2.98. The van der Waals surface area contributed by atoms with Gasteiger partial charge >= 0.3 is 0 Å². The van der Waals surface area contributed by atoms with Gasteiger partial charge in [-0.15, -0.1) is 0 Å². The van der Waals surface area contributed by atoms with Crippen LogP contribution in [0.1, 0.15) is 18.4 Å². The van der Waals surface area contributed by atoms with Crippen molar-refractivity contribution in [3.05, 3.63) is 77.3 Å². The van der Waals surface area contributed by atoms with E-state index in [1.165, 1.54) is 0 Å². The Bertz CT molecular complexity index is 1060. The molecule has 1 heterocycles. The van der Waals surface area contributed by atoms with Gasteiger partial charge in [-0.25, -0.2) is 0 Å². The smallest absolute Gasteiger partial charge is 0.235 e. The normalized spacial score (nSPS) is 15.9. The number of amides is 1. The van der Waals surface area contributed by atoms with Gasteiger partial charge in [0.05, 0.1) is 5.41 Å². The van der Waals surface area contributed by atoms with E-state index in [0.29, 0.717) is 10.8 Å². The average molecular weight is 392 g/mol. The molecule has 1 aliphatic carbocycles. The molecular weight excluding hydrogens is 374 g/mol. The van der Waals surface area contributed by atoms with E-state index in [-0.39, 0.29) is 12.7 Å². The van der Waals surface area contributed by atoms with Gasteiger partial charge in [-0.05, 0) is 65.9 Å². The molecule has 0 radical (unpaired) electrons. The Balaban J connectivity index is 1.34. The second kappa shape index (κ2) is 6.57. The van der Waals surface area contributed by atoms with Crippen LogP contribution in [0.3, 0.4) is 0 Å². The first-order valence-electron chi connectivity index (χ1n) is 9.22. The van der Waals surface area contributed by atoms with Gasteiger partial charge in [-0.2, -0.15) is 0 Å². The molecule has 1 amide bonds. The van der Waals surface area contributed by atoms with E-state index >= 15 is 0 Å². The fraction of sp³-hybridized carbons (Fsp3) is 0.174. The fourth-order valence-electron chi connectivity index (χ4n) is 3.63. The molecule has 0 bridgehead atoms. The predicted molar refractivity (Wildman–Crippen MR) is 109 cm³/mol. The van der Waals surface area contributed by atoms with Gasteiger partial charge in [0.15, 0.2) is 11.5 Å². The zero-order valence-electron chi connectivity index (χ0n) is 15.1.